The van der Waals surface area contributed by atoms with Gasteiger partial charge in [-0.25, -0.2) is 4.79 Å². The van der Waals surface area contributed by atoms with Gasteiger partial charge in [-0.3, -0.25) is 38.4 Å². The van der Waals surface area contributed by atoms with Crippen LogP contribution < -0.4 is 54.8 Å². The van der Waals surface area contributed by atoms with E-state index in [1.807, 2.05) is 0 Å². The van der Waals surface area contributed by atoms with Crippen LogP contribution in [0.2, 0.25) is 0 Å². The second kappa shape index (κ2) is 73.5. The molecule has 23 nitrogen and oxygen atoms in total. The van der Waals surface area contributed by atoms with Gasteiger partial charge in [-0.05, 0) is 122 Å². The van der Waals surface area contributed by atoms with E-state index in [1.54, 1.807) is 0 Å². The Morgan fingerprint density at radius 2 is 0.590 bits per heavy atom. The number of thioether (sulfide) groups is 1. The van der Waals surface area contributed by atoms with Gasteiger partial charge in [0.15, 0.2) is 0 Å². The Hall–Kier alpha value is -4.62. The summed E-state index contributed by atoms with van der Waals surface area (Å²) in [4.78, 5) is 124. The number of hydrogen-bond acceptors (Lipinski definition) is 17. The number of amides is 6. The molecule has 0 heterocycles. The summed E-state index contributed by atoms with van der Waals surface area (Å²) < 4.78 is 11.8. The SMILES string of the molecule is CCCCCCCCCCCCCCCC(=O)N[C@H](CSC[C@H](COC(=O)CCCCCCCCCCCCCCC)OC(=O)CCCCCCCCCCCCCCC)C(=O)N[C@@H](CO)C(=O)N[C@@H](CCCCN)C(=O)N[C@@H](CCCCN)C(=O)N[C@@H](CCCCN)C(=O)N[C@@H](CCCCN)C(=O)O. The number of carboxylic acids is 1. The van der Waals surface area contributed by atoms with E-state index in [-0.39, 0.29) is 82.1 Å². The Morgan fingerprint density at radius 1 is 0.314 bits per heavy atom. The van der Waals surface area contributed by atoms with Gasteiger partial charge in [0.2, 0.25) is 35.4 Å². The summed E-state index contributed by atoms with van der Waals surface area (Å²) in [5.74, 6) is -6.35. The minimum atomic E-state index is -1.62. The van der Waals surface area contributed by atoms with Gasteiger partial charge in [0.1, 0.15) is 49.0 Å². The van der Waals surface area contributed by atoms with E-state index in [4.69, 9.17) is 32.4 Å². The van der Waals surface area contributed by atoms with Crippen molar-refractivity contribution in [3.05, 3.63) is 0 Å². The zero-order chi connectivity index (χ0) is 77.4. The largest absolute Gasteiger partial charge is 0.480 e. The highest BCUT2D eigenvalue weighted by atomic mass is 32.2. The highest BCUT2D eigenvalue weighted by Gasteiger charge is 2.34. The standard InChI is InChI=1S/C81H156N10O13S/c1-4-7-10-13-16-19-22-25-28-31-34-37-40-55-73(93)86-72(65-105-64-66(104-75(95)57-42-39-36-33-30-27-24-21-18-15-12-9-6-3)63-103-74(94)56-41-38-35-32-29-26-23-20-17-14-11-8-5-2)80(100)91-71(62-92)79(99)89-68(52-44-48-59-83)77(97)87-67(51-43-47-58-82)76(96)88-69(53-45-49-60-84)78(98)90-70(81(101)102)54-46-50-61-85/h66-72,92H,4-65,82-85H2,1-3H3,(H,86,93)(H,87,97)(H,88,96)(H,89,99)(H,90,98)(H,91,100)(H,101,102)/t66-,67-,68-,69-,70-,71-,72+/m0/s1. The van der Waals surface area contributed by atoms with Crippen LogP contribution in [0.4, 0.5) is 0 Å². The first-order chi connectivity index (χ1) is 51.0. The van der Waals surface area contributed by atoms with Crippen LogP contribution in [0.1, 0.15) is 367 Å². The van der Waals surface area contributed by atoms with Crippen LogP contribution in [-0.4, -0.2) is 157 Å². The molecule has 0 fully saturated rings. The highest BCUT2D eigenvalue weighted by Crippen LogP contribution is 2.20. The molecule has 0 spiro atoms. The zero-order valence-electron chi connectivity index (χ0n) is 66.5. The minimum Gasteiger partial charge on any atom is -0.480 e. The number of aliphatic hydroxyl groups excluding tert-OH is 1. The number of unbranched alkanes of at least 4 members (excludes halogenated alkanes) is 40. The van der Waals surface area contributed by atoms with E-state index >= 15 is 0 Å². The molecule has 0 unspecified atom stereocenters. The molecule has 6 amide bonds. The number of nitrogens with one attached hydrogen (secondary N) is 6. The monoisotopic (exact) mass is 1510 g/mol. The lowest BCUT2D eigenvalue weighted by molar-refractivity contribution is -0.157. The van der Waals surface area contributed by atoms with Crippen molar-refractivity contribution in [3.8, 4) is 0 Å². The average molecular weight is 1510 g/mol. The third kappa shape index (κ3) is 59.9. The molecule has 16 N–H and O–H groups in total. The van der Waals surface area contributed by atoms with Gasteiger partial charge in [0.05, 0.1) is 6.61 Å². The molecule has 0 aliphatic heterocycles. The number of carbonyl (C=O) groups excluding carboxylic acids is 8. The van der Waals surface area contributed by atoms with Crippen LogP contribution in [0, 0.1) is 0 Å². The van der Waals surface area contributed by atoms with Gasteiger partial charge in [-0.2, -0.15) is 11.8 Å². The fourth-order valence-electron chi connectivity index (χ4n) is 12.9. The molecule has 0 saturated carbocycles. The molecule has 0 rings (SSSR count). The van der Waals surface area contributed by atoms with Gasteiger partial charge in [-0.15, -0.1) is 0 Å². The number of carbonyl (C=O) groups is 9. The summed E-state index contributed by atoms with van der Waals surface area (Å²) in [6, 6.07) is -7.86. The van der Waals surface area contributed by atoms with Crippen LogP contribution in [0.5, 0.6) is 0 Å². The topological polar surface area (TPSA) is 389 Å². The maximum Gasteiger partial charge on any atom is 0.326 e. The number of esters is 2. The Labute approximate surface area is 640 Å². The molecule has 0 saturated heterocycles. The molecule has 0 bridgehead atoms. The summed E-state index contributed by atoms with van der Waals surface area (Å²) >= 11 is 1.20. The molecule has 0 aliphatic carbocycles. The van der Waals surface area contributed by atoms with E-state index in [1.165, 1.54) is 179 Å². The van der Waals surface area contributed by atoms with Gasteiger partial charge < -0.3 is 74.5 Å². The number of aliphatic hydroxyl groups is 1. The van der Waals surface area contributed by atoms with Crippen LogP contribution in [-0.2, 0) is 52.6 Å². The maximum atomic E-state index is 14.5. The van der Waals surface area contributed by atoms with E-state index in [2.05, 4.69) is 52.7 Å². The molecule has 0 aromatic carbocycles. The second-order valence-electron chi connectivity index (χ2n) is 29.4. The Kier molecular flexibility index (Phi) is 70.3. The van der Waals surface area contributed by atoms with E-state index in [0.29, 0.717) is 83.7 Å². The Balaban J connectivity index is 6.62. The fraction of sp³-hybridized carbons (Fsp3) is 0.889. The summed E-state index contributed by atoms with van der Waals surface area (Å²) in [7, 11) is 0. The number of carboxylic acid groups (broad SMARTS) is 1. The molecule has 614 valence electrons. The average Bonchev–Trinajstić information content (AvgIpc) is 0.864. The van der Waals surface area contributed by atoms with Crippen molar-refractivity contribution in [2.24, 2.45) is 22.9 Å². The lowest BCUT2D eigenvalue weighted by atomic mass is 10.0. The molecule has 0 radical (unpaired) electrons. The van der Waals surface area contributed by atoms with Crippen molar-refractivity contribution in [1.82, 2.24) is 31.9 Å². The van der Waals surface area contributed by atoms with Crippen LogP contribution in [0.25, 0.3) is 0 Å². The van der Waals surface area contributed by atoms with Crippen LogP contribution >= 0.6 is 11.8 Å². The molecule has 0 aromatic heterocycles. The van der Waals surface area contributed by atoms with Crippen molar-refractivity contribution >= 4 is 65.1 Å². The number of nitrogens with two attached hydrogens (primary N) is 4. The van der Waals surface area contributed by atoms with Gasteiger partial charge in [0, 0.05) is 30.8 Å². The predicted octanol–water partition coefficient (Wildman–Crippen LogP) is 13.1. The highest BCUT2D eigenvalue weighted by molar-refractivity contribution is 7.99. The van der Waals surface area contributed by atoms with Crippen molar-refractivity contribution in [1.29, 1.82) is 0 Å². The lowest BCUT2D eigenvalue weighted by Gasteiger charge is -2.27. The van der Waals surface area contributed by atoms with Crippen molar-refractivity contribution in [2.75, 3.05) is 50.9 Å². The van der Waals surface area contributed by atoms with E-state index < -0.39 is 96.3 Å². The Bertz CT molecular complexity index is 2170. The molecule has 24 heteroatoms. The molecular weight excluding hydrogens is 1350 g/mol. The van der Waals surface area contributed by atoms with Crippen molar-refractivity contribution in [3.63, 3.8) is 0 Å². The van der Waals surface area contributed by atoms with Crippen LogP contribution in [0.15, 0.2) is 0 Å². The van der Waals surface area contributed by atoms with Gasteiger partial charge in [-0.1, -0.05) is 252 Å². The van der Waals surface area contributed by atoms with Crippen LogP contribution in [0.3, 0.4) is 0 Å². The first-order valence-electron chi connectivity index (χ1n) is 42.4. The summed E-state index contributed by atoms with van der Waals surface area (Å²) in [6.07, 6.45) is 48.7. The first kappa shape index (κ1) is 100. The minimum absolute atomic E-state index is 0.0390. The van der Waals surface area contributed by atoms with E-state index in [9.17, 15) is 53.4 Å². The molecule has 0 aromatic rings. The molecule has 7 atom stereocenters. The molecule has 105 heavy (non-hydrogen) atoms. The molecular formula is C81H156N10O13S. The van der Waals surface area contributed by atoms with Gasteiger partial charge >= 0.3 is 17.9 Å². The quantitative estimate of drug-likeness (QED) is 0.0199. The smallest absolute Gasteiger partial charge is 0.326 e. The molecule has 0 aliphatic rings. The maximum absolute atomic E-state index is 14.5. The Morgan fingerprint density at radius 3 is 0.914 bits per heavy atom. The number of ether oxygens (including phenoxy) is 2. The summed E-state index contributed by atoms with van der Waals surface area (Å²) in [5, 5.41) is 36.9. The summed E-state index contributed by atoms with van der Waals surface area (Å²) in [5.41, 5.74) is 23.1. The number of aliphatic carboxylic acids is 1. The van der Waals surface area contributed by atoms with Crippen molar-refractivity contribution < 1.29 is 62.8 Å². The second-order valence-corrected chi connectivity index (χ2v) is 30.5. The normalized spacial score (nSPS) is 13.4. The van der Waals surface area contributed by atoms with Crippen molar-refractivity contribution in [2.45, 2.75) is 410 Å². The first-order valence-corrected chi connectivity index (χ1v) is 43.6. The predicted molar refractivity (Wildman–Crippen MR) is 427 cm³/mol. The number of rotatable bonds is 78. The fourth-order valence-corrected chi connectivity index (χ4v) is 13.9. The number of hydrogen-bond donors (Lipinski definition) is 12. The third-order valence-electron chi connectivity index (χ3n) is 19.6. The lowest BCUT2D eigenvalue weighted by Crippen LogP contribution is -2.60. The van der Waals surface area contributed by atoms with E-state index in [0.717, 1.165) is 64.2 Å². The third-order valence-corrected chi connectivity index (χ3v) is 20.7. The zero-order valence-corrected chi connectivity index (χ0v) is 67.3. The summed E-state index contributed by atoms with van der Waals surface area (Å²) in [6.45, 7) is 6.81. The van der Waals surface area contributed by atoms with Gasteiger partial charge in [0.25, 0.3) is 0 Å².